The van der Waals surface area contributed by atoms with Crippen LogP contribution in [0.4, 0.5) is 0 Å². The molecule has 0 bridgehead atoms. The molecule has 1 saturated heterocycles. The second-order valence-electron chi connectivity index (χ2n) is 11.8. The number of carbonyl (C=O) groups is 2. The molecule has 4 aromatic carbocycles. The Morgan fingerprint density at radius 3 is 1.88 bits per heavy atom. The van der Waals surface area contributed by atoms with Gasteiger partial charge in [0.15, 0.2) is 0 Å². The van der Waals surface area contributed by atoms with Gasteiger partial charge in [0.25, 0.3) is 0 Å². The molecule has 48 heavy (non-hydrogen) atoms. The summed E-state index contributed by atoms with van der Waals surface area (Å²) in [7, 11) is -0.301. The molecule has 0 radical (unpaired) electrons. The molecular weight excluding hydrogens is 626 g/mol. The molecule has 1 aliphatic rings. The fourth-order valence-corrected chi connectivity index (χ4v) is 7.40. The van der Waals surface area contributed by atoms with Crippen LogP contribution in [0.3, 0.4) is 0 Å². The minimum atomic E-state index is -3.52. The Balaban J connectivity index is 1.35. The lowest BCUT2D eigenvalue weighted by Gasteiger charge is -2.32. The molecule has 0 aliphatic carbocycles. The topological polar surface area (TPSA) is 105 Å². The summed E-state index contributed by atoms with van der Waals surface area (Å²) < 4.78 is 38.1. The van der Waals surface area contributed by atoms with E-state index in [9.17, 15) is 18.0 Å². The van der Waals surface area contributed by atoms with Crippen LogP contribution >= 0.6 is 0 Å². The molecule has 0 unspecified atom stereocenters. The van der Waals surface area contributed by atoms with Gasteiger partial charge in [-0.2, -0.15) is 4.31 Å². The Bertz CT molecular complexity index is 1740. The van der Waals surface area contributed by atoms with E-state index in [1.165, 1.54) is 4.31 Å². The van der Waals surface area contributed by atoms with Crippen LogP contribution in [0.15, 0.2) is 108 Å². The predicted octanol–water partition coefficient (Wildman–Crippen LogP) is 5.55. The Kier molecular flexibility index (Phi) is 11.9. The monoisotopic (exact) mass is 669 g/mol. The van der Waals surface area contributed by atoms with Crippen molar-refractivity contribution in [3.8, 4) is 11.5 Å². The highest BCUT2D eigenvalue weighted by molar-refractivity contribution is 7.89. The zero-order valence-corrected chi connectivity index (χ0v) is 28.3. The highest BCUT2D eigenvalue weighted by atomic mass is 32.2. The lowest BCUT2D eigenvalue weighted by atomic mass is 10.0. The van der Waals surface area contributed by atoms with Gasteiger partial charge in [0.05, 0.1) is 19.1 Å². The molecule has 1 N–H and O–H groups in total. The number of methoxy groups -OCH3 is 2. The highest BCUT2D eigenvalue weighted by Crippen LogP contribution is 2.27. The van der Waals surface area contributed by atoms with Gasteiger partial charge in [-0.05, 0) is 84.3 Å². The average molecular weight is 670 g/mol. The van der Waals surface area contributed by atoms with E-state index in [0.29, 0.717) is 43.8 Å². The van der Waals surface area contributed by atoms with Crippen LogP contribution in [0.5, 0.6) is 11.5 Å². The first-order valence-corrected chi connectivity index (χ1v) is 17.7. The fourth-order valence-electron chi connectivity index (χ4n) is 5.88. The maximum atomic E-state index is 14.1. The molecule has 0 saturated carbocycles. The molecule has 0 aromatic heterocycles. The third-order valence-corrected chi connectivity index (χ3v) is 10.5. The molecule has 1 fully saturated rings. The molecule has 9 nitrogen and oxygen atoms in total. The number of amides is 2. The molecule has 10 heteroatoms. The van der Waals surface area contributed by atoms with Crippen molar-refractivity contribution < 1.29 is 27.5 Å². The molecule has 1 heterocycles. The summed E-state index contributed by atoms with van der Waals surface area (Å²) >= 11 is 0. The highest BCUT2D eigenvalue weighted by Gasteiger charge is 2.31. The van der Waals surface area contributed by atoms with E-state index in [4.69, 9.17) is 9.47 Å². The molecule has 5 rings (SSSR count). The molecule has 4 aromatic rings. The number of hydrogen-bond acceptors (Lipinski definition) is 6. The van der Waals surface area contributed by atoms with E-state index < -0.39 is 16.1 Å². The average Bonchev–Trinajstić information content (AvgIpc) is 3.68. The number of benzene rings is 4. The standard InChI is InChI=1S/C38H43N3O6S/c1-46-33-17-10-30(11-18-33)24-25-39-38(43)37(32-8-4-3-5-9-32)41(28-31-12-19-34(47-2)20-13-31)36(42)23-16-29-14-21-35(22-15-29)48(44,45)40-26-6-7-27-40/h3-5,8-15,17-22,37H,6-7,16,23-28H2,1-2H3,(H,39,43)/t37-/m1/s1. The molecule has 0 spiro atoms. The normalized spacial score (nSPS) is 13.9. The van der Waals surface area contributed by atoms with Gasteiger partial charge in [-0.1, -0.05) is 66.7 Å². The van der Waals surface area contributed by atoms with Crippen LogP contribution in [-0.2, 0) is 39.0 Å². The van der Waals surface area contributed by atoms with Crippen molar-refractivity contribution in [3.63, 3.8) is 0 Å². The van der Waals surface area contributed by atoms with E-state index in [1.807, 2.05) is 78.9 Å². The van der Waals surface area contributed by atoms with Crippen molar-refractivity contribution in [2.24, 2.45) is 0 Å². The Labute approximate surface area is 283 Å². The zero-order valence-electron chi connectivity index (χ0n) is 27.5. The maximum Gasteiger partial charge on any atom is 0.247 e. The maximum absolute atomic E-state index is 14.1. The summed E-state index contributed by atoms with van der Waals surface area (Å²) in [5.41, 5.74) is 3.46. The van der Waals surface area contributed by atoms with Crippen LogP contribution in [0, 0.1) is 0 Å². The molecular formula is C38H43N3O6S. The smallest absolute Gasteiger partial charge is 0.247 e. The van der Waals surface area contributed by atoms with Crippen molar-refractivity contribution in [3.05, 3.63) is 125 Å². The Morgan fingerprint density at radius 2 is 1.29 bits per heavy atom. The molecule has 1 aliphatic heterocycles. The minimum absolute atomic E-state index is 0.136. The van der Waals surface area contributed by atoms with E-state index >= 15 is 0 Å². The van der Waals surface area contributed by atoms with Crippen molar-refractivity contribution in [2.45, 2.75) is 49.6 Å². The minimum Gasteiger partial charge on any atom is -0.497 e. The number of hydrogen-bond donors (Lipinski definition) is 1. The first kappa shape index (κ1) is 34.7. The van der Waals surface area contributed by atoms with Crippen molar-refractivity contribution in [1.29, 1.82) is 0 Å². The van der Waals surface area contributed by atoms with Gasteiger partial charge in [-0.25, -0.2) is 8.42 Å². The summed E-state index contributed by atoms with van der Waals surface area (Å²) in [6.07, 6.45) is 2.89. The van der Waals surface area contributed by atoms with Gasteiger partial charge in [-0.15, -0.1) is 0 Å². The lowest BCUT2D eigenvalue weighted by Crippen LogP contribution is -2.44. The number of nitrogens with one attached hydrogen (secondary N) is 1. The van der Waals surface area contributed by atoms with E-state index in [0.717, 1.165) is 35.3 Å². The summed E-state index contributed by atoms with van der Waals surface area (Å²) in [5.74, 6) is 0.997. The van der Waals surface area contributed by atoms with Crippen LogP contribution in [0.1, 0.15) is 47.6 Å². The van der Waals surface area contributed by atoms with E-state index in [-0.39, 0.29) is 29.7 Å². The number of sulfonamides is 1. The van der Waals surface area contributed by atoms with Crippen LogP contribution in [0.25, 0.3) is 0 Å². The molecule has 2 amide bonds. The van der Waals surface area contributed by atoms with Crippen molar-refractivity contribution in [2.75, 3.05) is 33.9 Å². The SMILES string of the molecule is COc1ccc(CCNC(=O)[C@@H](c2ccccc2)N(Cc2ccc(OC)cc2)C(=O)CCc2ccc(S(=O)(=O)N3CCCC3)cc2)cc1. The van der Waals surface area contributed by atoms with Crippen LogP contribution < -0.4 is 14.8 Å². The van der Waals surface area contributed by atoms with E-state index in [2.05, 4.69) is 5.32 Å². The second-order valence-corrected chi connectivity index (χ2v) is 13.8. The van der Waals surface area contributed by atoms with Gasteiger partial charge in [0.2, 0.25) is 21.8 Å². The largest absolute Gasteiger partial charge is 0.497 e. The summed E-state index contributed by atoms with van der Waals surface area (Å²) in [4.78, 5) is 30.0. The van der Waals surface area contributed by atoms with E-state index in [1.54, 1.807) is 43.4 Å². The van der Waals surface area contributed by atoms with Gasteiger partial charge in [-0.3, -0.25) is 9.59 Å². The van der Waals surface area contributed by atoms with Crippen LogP contribution in [-0.4, -0.2) is 63.3 Å². The first-order valence-electron chi connectivity index (χ1n) is 16.3. The number of nitrogens with zero attached hydrogens (tertiary/aromatic N) is 2. The fraction of sp³-hybridized carbons (Fsp3) is 0.316. The molecule has 1 atom stereocenters. The summed E-state index contributed by atoms with van der Waals surface area (Å²) in [6, 6.07) is 30.4. The quantitative estimate of drug-likeness (QED) is 0.178. The predicted molar refractivity (Wildman–Crippen MR) is 185 cm³/mol. The van der Waals surface area contributed by atoms with Gasteiger partial charge in [0, 0.05) is 32.6 Å². The Hall–Kier alpha value is -4.67. The number of aryl methyl sites for hydroxylation is 1. The van der Waals surface area contributed by atoms with Gasteiger partial charge in [0.1, 0.15) is 17.5 Å². The molecule has 252 valence electrons. The summed E-state index contributed by atoms with van der Waals surface area (Å²) in [6.45, 7) is 1.69. The Morgan fingerprint density at radius 1 is 0.750 bits per heavy atom. The summed E-state index contributed by atoms with van der Waals surface area (Å²) in [5, 5.41) is 3.07. The lowest BCUT2D eigenvalue weighted by molar-refractivity contribution is -0.141. The zero-order chi connectivity index (χ0) is 33.9. The van der Waals surface area contributed by atoms with Crippen molar-refractivity contribution >= 4 is 21.8 Å². The third kappa shape index (κ3) is 8.81. The van der Waals surface area contributed by atoms with Crippen LogP contribution in [0.2, 0.25) is 0 Å². The second kappa shape index (κ2) is 16.4. The van der Waals surface area contributed by atoms with Gasteiger partial charge < -0.3 is 19.7 Å². The third-order valence-electron chi connectivity index (χ3n) is 8.63. The number of carbonyl (C=O) groups excluding carboxylic acids is 2. The number of rotatable bonds is 15. The number of ether oxygens (including phenoxy) is 2. The van der Waals surface area contributed by atoms with Gasteiger partial charge >= 0.3 is 0 Å². The first-order chi connectivity index (χ1) is 23.3. The van der Waals surface area contributed by atoms with Crippen molar-refractivity contribution in [1.82, 2.24) is 14.5 Å².